The molecule has 0 saturated heterocycles. The van der Waals surface area contributed by atoms with Crippen molar-refractivity contribution >= 4 is 23.0 Å². The Bertz CT molecular complexity index is 825. The predicted octanol–water partition coefficient (Wildman–Crippen LogP) is 3.11. The molecule has 6 N–H and O–H groups in total. The number of benzene rings is 1. The summed E-state index contributed by atoms with van der Waals surface area (Å²) in [5.74, 6) is -0.557. The van der Waals surface area contributed by atoms with E-state index in [-0.39, 0.29) is 23.1 Å². The summed E-state index contributed by atoms with van der Waals surface area (Å²) in [5, 5.41) is 12.0. The van der Waals surface area contributed by atoms with Crippen LogP contribution in [0.15, 0.2) is 41.7 Å². The zero-order chi connectivity index (χ0) is 20.0. The molecule has 0 aliphatic carbocycles. The molecule has 1 heterocycles. The first-order valence-electron chi connectivity index (χ1n) is 8.89. The molecule has 1 atom stereocenters. The van der Waals surface area contributed by atoms with E-state index in [9.17, 15) is 4.79 Å². The lowest BCUT2D eigenvalue weighted by Gasteiger charge is -2.21. The summed E-state index contributed by atoms with van der Waals surface area (Å²) < 4.78 is 0. The molecule has 0 aliphatic heterocycles. The van der Waals surface area contributed by atoms with Crippen LogP contribution in [0.4, 0.5) is 0 Å². The number of aromatic nitrogens is 1. The minimum Gasteiger partial charge on any atom is -0.385 e. The highest BCUT2D eigenvalue weighted by molar-refractivity contribution is 7.11. The summed E-state index contributed by atoms with van der Waals surface area (Å²) in [6.45, 7) is 5.45. The maximum Gasteiger partial charge on any atom is 0.254 e. The van der Waals surface area contributed by atoms with Gasteiger partial charge in [-0.2, -0.15) is 0 Å². The molecule has 0 spiro atoms. The fourth-order valence-corrected chi connectivity index (χ4v) is 4.09. The molecular formula is C20H27N5OS. The van der Waals surface area contributed by atoms with Crippen molar-refractivity contribution in [2.45, 2.75) is 46.1 Å². The van der Waals surface area contributed by atoms with Crippen molar-refractivity contribution in [3.63, 3.8) is 0 Å². The quantitative estimate of drug-likeness (QED) is 0.392. The number of primary amides is 1. The second kappa shape index (κ2) is 9.32. The molecular weight excluding hydrogens is 358 g/mol. The van der Waals surface area contributed by atoms with E-state index in [2.05, 4.69) is 22.4 Å². The maximum atomic E-state index is 11.7. The topological polar surface area (TPSA) is 118 Å². The molecule has 7 heteroatoms. The van der Waals surface area contributed by atoms with Gasteiger partial charge >= 0.3 is 0 Å². The van der Waals surface area contributed by atoms with E-state index in [1.807, 2.05) is 32.0 Å². The zero-order valence-electron chi connectivity index (χ0n) is 16.0. The SMILES string of the molecule is CC(=N)/C(C(N)=O)=C(/N)NC(CCCc1ccccc1)c1sc(C)nc1C. The van der Waals surface area contributed by atoms with E-state index in [1.54, 1.807) is 11.3 Å². The number of nitrogens with one attached hydrogen (secondary N) is 2. The Balaban J connectivity index is 2.22. The van der Waals surface area contributed by atoms with Gasteiger partial charge in [0.05, 0.1) is 22.3 Å². The molecule has 2 rings (SSSR count). The van der Waals surface area contributed by atoms with Gasteiger partial charge in [-0.15, -0.1) is 11.3 Å². The number of carbonyl (C=O) groups is 1. The summed E-state index contributed by atoms with van der Waals surface area (Å²) in [4.78, 5) is 17.3. The molecule has 1 amide bonds. The Kier molecular flexibility index (Phi) is 7.12. The van der Waals surface area contributed by atoms with E-state index < -0.39 is 5.91 Å². The zero-order valence-corrected chi connectivity index (χ0v) is 16.8. The smallest absolute Gasteiger partial charge is 0.254 e. The molecule has 0 bridgehead atoms. The number of amides is 1. The third-order valence-corrected chi connectivity index (χ3v) is 5.46. The fourth-order valence-electron chi connectivity index (χ4n) is 3.07. The Hall–Kier alpha value is -2.67. The van der Waals surface area contributed by atoms with E-state index in [0.29, 0.717) is 0 Å². The van der Waals surface area contributed by atoms with Crippen LogP contribution in [-0.2, 0) is 11.2 Å². The van der Waals surface area contributed by atoms with Crippen molar-refractivity contribution in [2.24, 2.45) is 11.5 Å². The van der Waals surface area contributed by atoms with Gasteiger partial charge in [0.2, 0.25) is 0 Å². The predicted molar refractivity (Wildman–Crippen MR) is 111 cm³/mol. The lowest BCUT2D eigenvalue weighted by Crippen LogP contribution is -2.32. The minimum atomic E-state index is -0.701. The molecule has 2 aromatic rings. The summed E-state index contributed by atoms with van der Waals surface area (Å²) in [6, 6.07) is 10.2. The van der Waals surface area contributed by atoms with Gasteiger partial charge in [0.1, 0.15) is 5.82 Å². The Morgan fingerprint density at radius 2 is 1.93 bits per heavy atom. The number of nitrogens with two attached hydrogens (primary N) is 2. The van der Waals surface area contributed by atoms with E-state index >= 15 is 0 Å². The van der Waals surface area contributed by atoms with Gasteiger partial charge in [0, 0.05) is 10.6 Å². The van der Waals surface area contributed by atoms with Crippen LogP contribution in [0, 0.1) is 19.3 Å². The number of nitrogens with zero attached hydrogens (tertiary/aromatic N) is 1. The molecule has 0 aliphatic rings. The van der Waals surface area contributed by atoms with Gasteiger partial charge in [0.25, 0.3) is 5.91 Å². The number of rotatable bonds is 9. The molecule has 1 aromatic heterocycles. The first-order chi connectivity index (χ1) is 12.8. The van der Waals surface area contributed by atoms with Gasteiger partial charge in [-0.05, 0) is 45.6 Å². The van der Waals surface area contributed by atoms with Crippen molar-refractivity contribution in [2.75, 3.05) is 0 Å². The van der Waals surface area contributed by atoms with E-state index in [1.165, 1.54) is 12.5 Å². The molecule has 1 aromatic carbocycles. The van der Waals surface area contributed by atoms with Crippen LogP contribution in [-0.4, -0.2) is 16.6 Å². The summed E-state index contributed by atoms with van der Waals surface area (Å²) in [7, 11) is 0. The first-order valence-corrected chi connectivity index (χ1v) is 9.70. The maximum absolute atomic E-state index is 11.7. The second-order valence-corrected chi connectivity index (χ2v) is 7.77. The molecule has 0 saturated carbocycles. The standard InChI is InChI=1S/C20H27N5OS/c1-12(21)17(20(23)26)19(22)25-16(18-13(2)24-14(3)27-18)11-7-10-15-8-5-4-6-9-15/h4-6,8-9,16,21,25H,7,10-11,22H2,1-3H3,(H2,23,26)/b19-17+,21-12?. The summed E-state index contributed by atoms with van der Waals surface area (Å²) >= 11 is 1.62. The normalized spacial score (nSPS) is 13.0. The van der Waals surface area contributed by atoms with Crippen LogP contribution in [0.25, 0.3) is 0 Å². The Morgan fingerprint density at radius 1 is 1.26 bits per heavy atom. The van der Waals surface area contributed by atoms with Gasteiger partial charge < -0.3 is 22.2 Å². The van der Waals surface area contributed by atoms with Crippen molar-refractivity contribution in [3.8, 4) is 0 Å². The first kappa shape index (κ1) is 20.6. The number of aryl methyl sites for hydroxylation is 3. The molecule has 0 fully saturated rings. The number of hydrogen-bond donors (Lipinski definition) is 4. The van der Waals surface area contributed by atoms with Crippen molar-refractivity contribution in [3.05, 3.63) is 62.9 Å². The molecule has 1 unspecified atom stereocenters. The summed E-state index contributed by atoms with van der Waals surface area (Å²) in [6.07, 6.45) is 2.72. The lowest BCUT2D eigenvalue weighted by molar-refractivity contribution is -0.114. The molecule has 27 heavy (non-hydrogen) atoms. The summed E-state index contributed by atoms with van der Waals surface area (Å²) in [5.41, 5.74) is 13.8. The van der Waals surface area contributed by atoms with Crippen LogP contribution in [0.5, 0.6) is 0 Å². The van der Waals surface area contributed by atoms with Crippen LogP contribution in [0.2, 0.25) is 0 Å². The lowest BCUT2D eigenvalue weighted by atomic mass is 10.0. The largest absolute Gasteiger partial charge is 0.385 e. The van der Waals surface area contributed by atoms with Crippen LogP contribution >= 0.6 is 11.3 Å². The average molecular weight is 386 g/mol. The van der Waals surface area contributed by atoms with Crippen molar-refractivity contribution in [1.82, 2.24) is 10.3 Å². The van der Waals surface area contributed by atoms with Crippen molar-refractivity contribution in [1.29, 1.82) is 5.41 Å². The molecule has 6 nitrogen and oxygen atoms in total. The Labute approximate surface area is 164 Å². The molecule has 0 radical (unpaired) electrons. The number of hydrogen-bond acceptors (Lipinski definition) is 6. The van der Waals surface area contributed by atoms with Crippen LogP contribution in [0.3, 0.4) is 0 Å². The fraction of sp³-hybridized carbons (Fsp3) is 0.350. The van der Waals surface area contributed by atoms with E-state index in [0.717, 1.165) is 34.8 Å². The average Bonchev–Trinajstić information content (AvgIpc) is 2.92. The number of thiazole rings is 1. The van der Waals surface area contributed by atoms with Crippen molar-refractivity contribution < 1.29 is 4.79 Å². The highest BCUT2D eigenvalue weighted by Crippen LogP contribution is 2.29. The highest BCUT2D eigenvalue weighted by Gasteiger charge is 2.21. The third-order valence-electron chi connectivity index (χ3n) is 4.28. The van der Waals surface area contributed by atoms with Crippen LogP contribution in [0.1, 0.15) is 46.9 Å². The third kappa shape index (κ3) is 5.65. The number of carbonyl (C=O) groups excluding carboxylic acids is 1. The second-order valence-electron chi connectivity index (χ2n) is 6.54. The van der Waals surface area contributed by atoms with Gasteiger partial charge in [-0.1, -0.05) is 30.3 Å². The van der Waals surface area contributed by atoms with Gasteiger partial charge in [0.15, 0.2) is 0 Å². The minimum absolute atomic E-state index is 0.0296. The van der Waals surface area contributed by atoms with Crippen LogP contribution < -0.4 is 16.8 Å². The highest BCUT2D eigenvalue weighted by atomic mass is 32.1. The van der Waals surface area contributed by atoms with Gasteiger partial charge in [-0.25, -0.2) is 4.98 Å². The Morgan fingerprint density at radius 3 is 2.44 bits per heavy atom. The molecule has 144 valence electrons. The monoisotopic (exact) mass is 385 g/mol. The van der Waals surface area contributed by atoms with Gasteiger partial charge in [-0.3, -0.25) is 4.79 Å². The van der Waals surface area contributed by atoms with E-state index in [4.69, 9.17) is 16.9 Å².